The van der Waals surface area contributed by atoms with Crippen LogP contribution in [0.15, 0.2) is 30.6 Å². The molecule has 1 aromatic carbocycles. The molecule has 6 heteroatoms. The van der Waals surface area contributed by atoms with Gasteiger partial charge in [0.15, 0.2) is 0 Å². The van der Waals surface area contributed by atoms with Gasteiger partial charge in [0.2, 0.25) is 5.95 Å². The molecule has 1 aliphatic heterocycles. The molecule has 1 fully saturated rings. The van der Waals surface area contributed by atoms with Crippen LogP contribution in [-0.4, -0.2) is 41.0 Å². The van der Waals surface area contributed by atoms with Gasteiger partial charge in [-0.25, -0.2) is 18.7 Å². The lowest BCUT2D eigenvalue weighted by molar-refractivity contribution is 0.202. The highest BCUT2D eigenvalue weighted by Crippen LogP contribution is 2.21. The molecule has 1 aromatic heterocycles. The number of benzene rings is 1. The van der Waals surface area contributed by atoms with Gasteiger partial charge in [-0.2, -0.15) is 0 Å². The van der Waals surface area contributed by atoms with Crippen molar-refractivity contribution < 1.29 is 8.78 Å². The molecule has 0 unspecified atom stereocenters. The predicted octanol–water partition coefficient (Wildman–Crippen LogP) is 3.16. The molecule has 2 aromatic rings. The highest BCUT2D eigenvalue weighted by molar-refractivity contribution is 5.30. The van der Waals surface area contributed by atoms with E-state index in [9.17, 15) is 8.78 Å². The van der Waals surface area contributed by atoms with E-state index in [4.69, 9.17) is 0 Å². The lowest BCUT2D eigenvalue weighted by atomic mass is 10.0. The number of aromatic nitrogens is 2. The largest absolute Gasteiger partial charge is 0.341 e. The van der Waals surface area contributed by atoms with Gasteiger partial charge < -0.3 is 4.90 Å². The Morgan fingerprint density at radius 3 is 2.25 bits per heavy atom. The van der Waals surface area contributed by atoms with Crippen molar-refractivity contribution in [3.05, 3.63) is 53.4 Å². The SMILES string of the molecule is Cc1cnc(N(C)C2CCN(Cc3cc(F)cc(F)c3)CC2)nc1. The fraction of sp³-hybridized carbons (Fsp3) is 0.444. The fourth-order valence-electron chi connectivity index (χ4n) is 3.16. The van der Waals surface area contributed by atoms with E-state index >= 15 is 0 Å². The minimum Gasteiger partial charge on any atom is -0.341 e. The van der Waals surface area contributed by atoms with Gasteiger partial charge in [0.25, 0.3) is 0 Å². The third kappa shape index (κ3) is 4.06. The molecule has 0 saturated carbocycles. The average molecular weight is 332 g/mol. The number of hydrogen-bond donors (Lipinski definition) is 0. The van der Waals surface area contributed by atoms with Gasteiger partial charge in [-0.15, -0.1) is 0 Å². The van der Waals surface area contributed by atoms with Crippen LogP contribution in [-0.2, 0) is 6.54 Å². The summed E-state index contributed by atoms with van der Waals surface area (Å²) in [5, 5.41) is 0. The second-order valence-electron chi connectivity index (χ2n) is 6.46. The zero-order valence-corrected chi connectivity index (χ0v) is 14.0. The zero-order chi connectivity index (χ0) is 17.1. The number of piperidine rings is 1. The standard InChI is InChI=1S/C18H22F2N4/c1-13-10-21-18(22-11-13)23(2)17-3-5-24(6-4-17)12-14-7-15(19)9-16(20)8-14/h7-11,17H,3-6,12H2,1-2H3. The van der Waals surface area contributed by atoms with E-state index in [0.717, 1.165) is 43.5 Å². The Bertz CT molecular complexity index is 662. The summed E-state index contributed by atoms with van der Waals surface area (Å²) in [6.07, 6.45) is 5.61. The molecule has 128 valence electrons. The number of halogens is 2. The Labute approximate surface area is 141 Å². The topological polar surface area (TPSA) is 32.3 Å². The lowest BCUT2D eigenvalue weighted by Crippen LogP contribution is -2.43. The molecule has 4 nitrogen and oxygen atoms in total. The first-order chi connectivity index (χ1) is 11.5. The van der Waals surface area contributed by atoms with E-state index in [1.165, 1.54) is 12.1 Å². The quantitative estimate of drug-likeness (QED) is 0.861. The van der Waals surface area contributed by atoms with Crippen molar-refractivity contribution in [3.63, 3.8) is 0 Å². The van der Waals surface area contributed by atoms with Crippen LogP contribution in [0.1, 0.15) is 24.0 Å². The lowest BCUT2D eigenvalue weighted by Gasteiger charge is -2.36. The van der Waals surface area contributed by atoms with Crippen LogP contribution < -0.4 is 4.90 Å². The summed E-state index contributed by atoms with van der Waals surface area (Å²) in [4.78, 5) is 13.1. The Hall–Kier alpha value is -2.08. The number of rotatable bonds is 4. The molecule has 0 radical (unpaired) electrons. The van der Waals surface area contributed by atoms with Crippen LogP contribution in [0, 0.1) is 18.6 Å². The van der Waals surface area contributed by atoms with Crippen molar-refractivity contribution in [2.45, 2.75) is 32.4 Å². The third-order valence-electron chi connectivity index (χ3n) is 4.52. The molecule has 2 heterocycles. The van der Waals surface area contributed by atoms with Crippen molar-refractivity contribution in [1.82, 2.24) is 14.9 Å². The monoisotopic (exact) mass is 332 g/mol. The molecule has 0 N–H and O–H groups in total. The molecule has 0 bridgehead atoms. The summed E-state index contributed by atoms with van der Waals surface area (Å²) in [5.74, 6) is -0.293. The van der Waals surface area contributed by atoms with Crippen LogP contribution in [0.2, 0.25) is 0 Å². The predicted molar refractivity (Wildman–Crippen MR) is 89.8 cm³/mol. The van der Waals surface area contributed by atoms with Gasteiger partial charge in [-0.1, -0.05) is 0 Å². The van der Waals surface area contributed by atoms with Crippen LogP contribution >= 0.6 is 0 Å². The summed E-state index contributed by atoms with van der Waals surface area (Å²) < 4.78 is 26.6. The van der Waals surface area contributed by atoms with Gasteiger partial charge in [0, 0.05) is 51.2 Å². The zero-order valence-electron chi connectivity index (χ0n) is 14.0. The molecular formula is C18H22F2N4. The first kappa shape index (κ1) is 16.8. The van der Waals surface area contributed by atoms with Crippen LogP contribution in [0.5, 0.6) is 0 Å². The third-order valence-corrected chi connectivity index (χ3v) is 4.52. The Morgan fingerprint density at radius 2 is 1.67 bits per heavy atom. The van der Waals surface area contributed by atoms with Crippen molar-refractivity contribution >= 4 is 5.95 Å². The first-order valence-electron chi connectivity index (χ1n) is 8.20. The maximum atomic E-state index is 13.3. The second kappa shape index (κ2) is 7.21. The Balaban J connectivity index is 1.56. The highest BCUT2D eigenvalue weighted by Gasteiger charge is 2.24. The van der Waals surface area contributed by atoms with Gasteiger partial charge >= 0.3 is 0 Å². The molecule has 0 spiro atoms. The number of anilines is 1. The molecule has 0 amide bonds. The van der Waals surface area contributed by atoms with Crippen LogP contribution in [0.25, 0.3) is 0 Å². The molecular weight excluding hydrogens is 310 g/mol. The molecule has 24 heavy (non-hydrogen) atoms. The molecule has 1 saturated heterocycles. The Morgan fingerprint density at radius 1 is 1.08 bits per heavy atom. The van der Waals surface area contributed by atoms with Gasteiger partial charge in [0.1, 0.15) is 11.6 Å². The summed E-state index contributed by atoms with van der Waals surface area (Å²) in [6.45, 7) is 4.32. The van der Waals surface area contributed by atoms with Crippen molar-refractivity contribution in [2.24, 2.45) is 0 Å². The Kier molecular flexibility index (Phi) is 5.04. The summed E-state index contributed by atoms with van der Waals surface area (Å²) in [7, 11) is 2.02. The normalized spacial score (nSPS) is 16.3. The van der Waals surface area contributed by atoms with E-state index in [1.54, 1.807) is 0 Å². The van der Waals surface area contributed by atoms with E-state index in [-0.39, 0.29) is 0 Å². The van der Waals surface area contributed by atoms with E-state index in [1.807, 2.05) is 26.4 Å². The van der Waals surface area contributed by atoms with E-state index < -0.39 is 11.6 Å². The molecule has 0 aliphatic carbocycles. The summed E-state index contributed by atoms with van der Waals surface area (Å²) in [5.41, 5.74) is 1.73. The average Bonchev–Trinajstić information content (AvgIpc) is 2.55. The van der Waals surface area contributed by atoms with Crippen molar-refractivity contribution in [2.75, 3.05) is 25.0 Å². The van der Waals surface area contributed by atoms with Crippen LogP contribution in [0.4, 0.5) is 14.7 Å². The fourth-order valence-corrected chi connectivity index (χ4v) is 3.16. The van der Waals surface area contributed by atoms with Crippen molar-refractivity contribution in [3.8, 4) is 0 Å². The molecule has 3 rings (SSSR count). The number of aryl methyl sites for hydroxylation is 1. The van der Waals surface area contributed by atoms with Gasteiger partial charge in [-0.3, -0.25) is 4.90 Å². The smallest absolute Gasteiger partial charge is 0.225 e. The minimum atomic E-state index is -0.517. The number of nitrogens with zero attached hydrogens (tertiary/aromatic N) is 4. The van der Waals surface area contributed by atoms with Gasteiger partial charge in [0.05, 0.1) is 0 Å². The highest BCUT2D eigenvalue weighted by atomic mass is 19.1. The summed E-state index contributed by atoms with van der Waals surface area (Å²) in [6, 6.07) is 4.10. The van der Waals surface area contributed by atoms with Gasteiger partial charge in [-0.05, 0) is 43.0 Å². The second-order valence-corrected chi connectivity index (χ2v) is 6.46. The number of hydrogen-bond acceptors (Lipinski definition) is 4. The first-order valence-corrected chi connectivity index (χ1v) is 8.20. The van der Waals surface area contributed by atoms with Crippen molar-refractivity contribution in [1.29, 1.82) is 0 Å². The van der Waals surface area contributed by atoms with E-state index in [2.05, 4.69) is 19.8 Å². The number of likely N-dealkylation sites (tertiary alicyclic amines) is 1. The minimum absolute atomic E-state index is 0.383. The maximum Gasteiger partial charge on any atom is 0.225 e. The molecule has 1 aliphatic rings. The van der Waals surface area contributed by atoms with E-state index in [0.29, 0.717) is 18.2 Å². The maximum absolute atomic E-state index is 13.3. The molecule has 0 atom stereocenters. The van der Waals surface area contributed by atoms with Crippen LogP contribution in [0.3, 0.4) is 0 Å². The summed E-state index contributed by atoms with van der Waals surface area (Å²) >= 11 is 0.